The summed E-state index contributed by atoms with van der Waals surface area (Å²) >= 11 is 1.23. The molecule has 2 heterocycles. The Morgan fingerprint density at radius 3 is 2.35 bits per heavy atom. The molecule has 37 heavy (non-hydrogen) atoms. The standard InChI is InChI=1S/C26H26N4O6S/c1-15-21-23(27-14-28-25(21)37-22(15)26(32)36-11-10-33-2)29-17-12-20(35-4)18(13-19(17)34-3)30-24(31)16-8-6-5-7-9-16/h5-9,12-14H,10-11H2,1-4H3,(H,30,31)(H,27,28,29). The average molecular weight is 523 g/mol. The van der Waals surface area contributed by atoms with E-state index in [-0.39, 0.29) is 12.5 Å². The van der Waals surface area contributed by atoms with Crippen molar-refractivity contribution >= 4 is 50.6 Å². The lowest BCUT2D eigenvalue weighted by Gasteiger charge is -2.17. The van der Waals surface area contributed by atoms with Gasteiger partial charge in [0.05, 0.1) is 37.6 Å². The van der Waals surface area contributed by atoms with Crippen molar-refractivity contribution in [1.82, 2.24) is 9.97 Å². The Morgan fingerprint density at radius 2 is 1.65 bits per heavy atom. The van der Waals surface area contributed by atoms with Crippen molar-refractivity contribution < 1.29 is 28.5 Å². The lowest BCUT2D eigenvalue weighted by molar-refractivity contribution is 0.0393. The molecule has 2 aromatic carbocycles. The zero-order chi connectivity index (χ0) is 26.4. The average Bonchev–Trinajstić information content (AvgIpc) is 3.27. The molecular formula is C26H26N4O6S. The quantitative estimate of drug-likeness (QED) is 0.223. The monoisotopic (exact) mass is 522 g/mol. The first kappa shape index (κ1) is 25.9. The lowest BCUT2D eigenvalue weighted by atomic mass is 10.1. The van der Waals surface area contributed by atoms with E-state index in [9.17, 15) is 9.59 Å². The van der Waals surface area contributed by atoms with Gasteiger partial charge in [-0.25, -0.2) is 14.8 Å². The maximum absolute atomic E-state index is 12.7. The molecule has 0 saturated heterocycles. The van der Waals surface area contributed by atoms with Crippen LogP contribution >= 0.6 is 11.3 Å². The van der Waals surface area contributed by atoms with E-state index in [0.29, 0.717) is 61.5 Å². The molecule has 11 heteroatoms. The maximum atomic E-state index is 12.7. The van der Waals surface area contributed by atoms with Crippen molar-refractivity contribution in [2.45, 2.75) is 6.92 Å². The van der Waals surface area contributed by atoms with Crippen LogP contribution in [0.1, 0.15) is 25.6 Å². The number of aromatic nitrogens is 2. The number of rotatable bonds is 10. The number of benzene rings is 2. The third-order valence-electron chi connectivity index (χ3n) is 5.49. The molecule has 0 saturated carbocycles. The number of methoxy groups -OCH3 is 3. The number of hydrogen-bond donors (Lipinski definition) is 2. The number of nitrogens with one attached hydrogen (secondary N) is 2. The Labute approximate surface area is 217 Å². The third-order valence-corrected chi connectivity index (χ3v) is 6.67. The number of thiophene rings is 1. The number of hydrogen-bond acceptors (Lipinski definition) is 10. The van der Waals surface area contributed by atoms with Gasteiger partial charge in [0.2, 0.25) is 0 Å². The van der Waals surface area contributed by atoms with E-state index in [0.717, 1.165) is 0 Å². The van der Waals surface area contributed by atoms with Gasteiger partial charge in [0.25, 0.3) is 5.91 Å². The smallest absolute Gasteiger partial charge is 0.348 e. The molecule has 0 bridgehead atoms. The molecule has 0 unspecified atom stereocenters. The summed E-state index contributed by atoms with van der Waals surface area (Å²) < 4.78 is 21.4. The molecule has 10 nitrogen and oxygen atoms in total. The molecule has 1 amide bonds. The van der Waals surface area contributed by atoms with Gasteiger partial charge in [0, 0.05) is 24.8 Å². The van der Waals surface area contributed by atoms with E-state index in [1.54, 1.807) is 43.5 Å². The molecule has 0 radical (unpaired) electrons. The Balaban J connectivity index is 1.66. The lowest BCUT2D eigenvalue weighted by Crippen LogP contribution is -2.13. The van der Waals surface area contributed by atoms with Crippen molar-refractivity contribution in [2.75, 3.05) is 45.2 Å². The number of aryl methyl sites for hydroxylation is 1. The largest absolute Gasteiger partial charge is 0.494 e. The van der Waals surface area contributed by atoms with Crippen LogP contribution in [0.5, 0.6) is 11.5 Å². The highest BCUT2D eigenvalue weighted by Crippen LogP contribution is 2.40. The molecule has 0 fully saturated rings. The molecule has 0 spiro atoms. The maximum Gasteiger partial charge on any atom is 0.348 e. The normalized spacial score (nSPS) is 10.7. The fraction of sp³-hybridized carbons (Fsp3) is 0.231. The zero-order valence-corrected chi connectivity index (χ0v) is 21.6. The predicted molar refractivity (Wildman–Crippen MR) is 142 cm³/mol. The summed E-state index contributed by atoms with van der Waals surface area (Å²) in [5.74, 6) is 0.626. The second-order valence-electron chi connectivity index (χ2n) is 7.79. The molecule has 0 aliphatic carbocycles. The van der Waals surface area contributed by atoms with Crippen LogP contribution < -0.4 is 20.1 Å². The molecule has 2 N–H and O–H groups in total. The zero-order valence-electron chi connectivity index (χ0n) is 20.8. The van der Waals surface area contributed by atoms with Gasteiger partial charge in [-0.3, -0.25) is 4.79 Å². The van der Waals surface area contributed by atoms with Crippen molar-refractivity contribution in [3.05, 3.63) is 64.8 Å². The first-order valence-electron chi connectivity index (χ1n) is 11.3. The number of anilines is 3. The van der Waals surface area contributed by atoms with Gasteiger partial charge >= 0.3 is 5.97 Å². The minimum absolute atomic E-state index is 0.157. The Bertz CT molecular complexity index is 1420. The molecule has 192 valence electrons. The Morgan fingerprint density at radius 1 is 0.946 bits per heavy atom. The number of fused-ring (bicyclic) bond motifs is 1. The SMILES string of the molecule is COCCOC(=O)c1sc2ncnc(Nc3cc(OC)c(NC(=O)c4ccccc4)cc3OC)c2c1C. The van der Waals surface area contributed by atoms with Gasteiger partial charge in [-0.2, -0.15) is 0 Å². The van der Waals surface area contributed by atoms with Crippen LogP contribution in [0.2, 0.25) is 0 Å². The van der Waals surface area contributed by atoms with Crippen LogP contribution in [0, 0.1) is 6.92 Å². The van der Waals surface area contributed by atoms with E-state index < -0.39 is 5.97 Å². The molecule has 0 atom stereocenters. The summed E-state index contributed by atoms with van der Waals surface area (Å²) in [6, 6.07) is 12.2. The first-order valence-corrected chi connectivity index (χ1v) is 12.1. The fourth-order valence-electron chi connectivity index (χ4n) is 3.65. The highest BCUT2D eigenvalue weighted by Gasteiger charge is 2.22. The molecule has 0 aliphatic rings. The predicted octanol–water partition coefficient (Wildman–Crippen LogP) is 4.82. The third kappa shape index (κ3) is 5.63. The van der Waals surface area contributed by atoms with E-state index in [4.69, 9.17) is 18.9 Å². The Hall–Kier alpha value is -4.22. The van der Waals surface area contributed by atoms with Crippen LogP contribution in [0.25, 0.3) is 10.2 Å². The summed E-state index contributed by atoms with van der Waals surface area (Å²) in [7, 11) is 4.57. The van der Waals surface area contributed by atoms with Crippen LogP contribution in [0.15, 0.2) is 48.8 Å². The Kier molecular flexibility index (Phi) is 8.16. The molecule has 4 aromatic rings. The summed E-state index contributed by atoms with van der Waals surface area (Å²) in [4.78, 5) is 35.1. The first-order chi connectivity index (χ1) is 18.0. The number of amides is 1. The van der Waals surface area contributed by atoms with Crippen molar-refractivity contribution in [1.29, 1.82) is 0 Å². The van der Waals surface area contributed by atoms with Gasteiger partial charge in [-0.1, -0.05) is 18.2 Å². The number of carbonyl (C=O) groups is 2. The summed E-state index contributed by atoms with van der Waals surface area (Å²) in [6.07, 6.45) is 1.42. The number of carbonyl (C=O) groups excluding carboxylic acids is 2. The van der Waals surface area contributed by atoms with Crippen molar-refractivity contribution in [2.24, 2.45) is 0 Å². The fourth-order valence-corrected chi connectivity index (χ4v) is 4.69. The van der Waals surface area contributed by atoms with Gasteiger partial charge in [0.1, 0.15) is 40.0 Å². The molecule has 4 rings (SSSR count). The molecular weight excluding hydrogens is 496 g/mol. The number of ether oxygens (including phenoxy) is 4. The van der Waals surface area contributed by atoms with Crippen molar-refractivity contribution in [3.8, 4) is 11.5 Å². The topological polar surface area (TPSA) is 121 Å². The summed E-state index contributed by atoms with van der Waals surface area (Å²) in [6.45, 7) is 2.29. The summed E-state index contributed by atoms with van der Waals surface area (Å²) in [5.41, 5.74) is 2.20. The van der Waals surface area contributed by atoms with Crippen LogP contribution in [-0.2, 0) is 9.47 Å². The van der Waals surface area contributed by atoms with E-state index in [2.05, 4.69) is 20.6 Å². The number of nitrogens with zero attached hydrogens (tertiary/aromatic N) is 2. The number of esters is 1. The second-order valence-corrected chi connectivity index (χ2v) is 8.78. The van der Waals surface area contributed by atoms with Crippen LogP contribution in [0.3, 0.4) is 0 Å². The van der Waals surface area contributed by atoms with Crippen LogP contribution in [-0.4, -0.2) is 56.4 Å². The van der Waals surface area contributed by atoms with Gasteiger partial charge < -0.3 is 29.6 Å². The van der Waals surface area contributed by atoms with E-state index in [1.165, 1.54) is 31.9 Å². The highest BCUT2D eigenvalue weighted by atomic mass is 32.1. The van der Waals surface area contributed by atoms with Gasteiger partial charge in [0.15, 0.2) is 0 Å². The van der Waals surface area contributed by atoms with E-state index in [1.807, 2.05) is 13.0 Å². The molecule has 2 aromatic heterocycles. The van der Waals surface area contributed by atoms with E-state index >= 15 is 0 Å². The highest BCUT2D eigenvalue weighted by molar-refractivity contribution is 7.20. The van der Waals surface area contributed by atoms with Crippen LogP contribution in [0.4, 0.5) is 17.2 Å². The minimum atomic E-state index is -0.443. The van der Waals surface area contributed by atoms with Gasteiger partial charge in [-0.15, -0.1) is 11.3 Å². The van der Waals surface area contributed by atoms with Gasteiger partial charge in [-0.05, 0) is 24.6 Å². The van der Waals surface area contributed by atoms with Crippen molar-refractivity contribution in [3.63, 3.8) is 0 Å². The second kappa shape index (κ2) is 11.7. The minimum Gasteiger partial charge on any atom is -0.494 e. The summed E-state index contributed by atoms with van der Waals surface area (Å²) in [5, 5.41) is 6.82. The molecule has 0 aliphatic heterocycles.